The van der Waals surface area contributed by atoms with E-state index in [2.05, 4.69) is 27.6 Å². The maximum Gasteiger partial charge on any atom is 0.272 e. The Kier molecular flexibility index (Phi) is 3.91. The van der Waals surface area contributed by atoms with Crippen molar-refractivity contribution in [2.24, 2.45) is 5.92 Å². The lowest BCUT2D eigenvalue weighted by molar-refractivity contribution is 0.0895. The van der Waals surface area contributed by atoms with Crippen LogP contribution in [0.2, 0.25) is 0 Å². The van der Waals surface area contributed by atoms with Gasteiger partial charge in [-0.1, -0.05) is 36.8 Å². The monoisotopic (exact) mass is 321 g/mol. The zero-order valence-corrected chi connectivity index (χ0v) is 13.2. The van der Waals surface area contributed by atoms with Gasteiger partial charge in [-0.15, -0.1) is 0 Å². The van der Waals surface area contributed by atoms with Crippen LogP contribution in [0.3, 0.4) is 0 Å². The zero-order chi connectivity index (χ0) is 16.4. The van der Waals surface area contributed by atoms with Gasteiger partial charge in [-0.2, -0.15) is 5.10 Å². The summed E-state index contributed by atoms with van der Waals surface area (Å²) >= 11 is 0. The average Bonchev–Trinajstić information content (AvgIpc) is 3.24. The smallest absolute Gasteiger partial charge is 0.272 e. The van der Waals surface area contributed by atoms with E-state index in [4.69, 9.17) is 4.42 Å². The number of nitrogens with one attached hydrogen (secondary N) is 2. The number of benzene rings is 1. The van der Waals surface area contributed by atoms with Crippen LogP contribution in [-0.4, -0.2) is 16.1 Å². The standard InChI is InChI=1S/C19H19N3O2/c23-19(16-12-15(21-22-16)17-10-5-11-24-17)20-18(14-8-4-9-14)13-6-2-1-3-7-13/h1-3,5-7,10-12,14,18H,4,8-9H2,(H,20,23)(H,21,22). The van der Waals surface area contributed by atoms with Gasteiger partial charge in [0.2, 0.25) is 0 Å². The van der Waals surface area contributed by atoms with E-state index in [-0.39, 0.29) is 11.9 Å². The van der Waals surface area contributed by atoms with Crippen LogP contribution in [0.25, 0.3) is 11.5 Å². The summed E-state index contributed by atoms with van der Waals surface area (Å²) in [5.41, 5.74) is 2.23. The van der Waals surface area contributed by atoms with Crippen molar-refractivity contribution in [2.45, 2.75) is 25.3 Å². The summed E-state index contributed by atoms with van der Waals surface area (Å²) < 4.78 is 5.32. The molecular formula is C19H19N3O2. The highest BCUT2D eigenvalue weighted by Crippen LogP contribution is 2.37. The topological polar surface area (TPSA) is 70.9 Å². The maximum absolute atomic E-state index is 12.6. The molecule has 1 aliphatic rings. The van der Waals surface area contributed by atoms with Gasteiger partial charge in [0.25, 0.3) is 5.91 Å². The molecule has 2 N–H and O–H groups in total. The lowest BCUT2D eigenvalue weighted by Gasteiger charge is -2.34. The summed E-state index contributed by atoms with van der Waals surface area (Å²) in [4.78, 5) is 12.6. The highest BCUT2D eigenvalue weighted by atomic mass is 16.3. The number of aromatic nitrogens is 2. The van der Waals surface area contributed by atoms with Crippen molar-refractivity contribution in [1.29, 1.82) is 0 Å². The van der Waals surface area contributed by atoms with Gasteiger partial charge in [-0.25, -0.2) is 0 Å². The number of furan rings is 1. The molecule has 1 fully saturated rings. The van der Waals surface area contributed by atoms with Crippen LogP contribution in [0.1, 0.15) is 41.4 Å². The van der Waals surface area contributed by atoms with Gasteiger partial charge >= 0.3 is 0 Å². The fourth-order valence-corrected chi connectivity index (χ4v) is 3.12. The third-order valence-electron chi connectivity index (χ3n) is 4.66. The van der Waals surface area contributed by atoms with Gasteiger partial charge in [0.05, 0.1) is 12.3 Å². The minimum Gasteiger partial charge on any atom is -0.463 e. The van der Waals surface area contributed by atoms with E-state index >= 15 is 0 Å². The maximum atomic E-state index is 12.6. The van der Waals surface area contributed by atoms with Crippen molar-refractivity contribution in [1.82, 2.24) is 15.5 Å². The van der Waals surface area contributed by atoms with Crippen LogP contribution in [0.15, 0.2) is 59.2 Å². The first kappa shape index (κ1) is 14.8. The Labute approximate surface area is 140 Å². The molecule has 0 spiro atoms. The highest BCUT2D eigenvalue weighted by Gasteiger charge is 2.30. The number of hydrogen-bond acceptors (Lipinski definition) is 3. The Hall–Kier alpha value is -2.82. The molecule has 1 aliphatic carbocycles. The molecule has 24 heavy (non-hydrogen) atoms. The molecule has 4 rings (SSSR count). The van der Waals surface area contributed by atoms with Crippen LogP contribution < -0.4 is 5.32 Å². The Morgan fingerprint density at radius 3 is 2.71 bits per heavy atom. The molecule has 122 valence electrons. The molecule has 0 saturated heterocycles. The van der Waals surface area contributed by atoms with E-state index in [1.165, 1.54) is 6.42 Å². The Morgan fingerprint density at radius 1 is 1.21 bits per heavy atom. The molecule has 1 aromatic carbocycles. The van der Waals surface area contributed by atoms with Gasteiger partial charge < -0.3 is 9.73 Å². The van der Waals surface area contributed by atoms with Crippen molar-refractivity contribution in [3.05, 3.63) is 66.1 Å². The fraction of sp³-hybridized carbons (Fsp3) is 0.263. The lowest BCUT2D eigenvalue weighted by Crippen LogP contribution is -2.36. The molecule has 0 bridgehead atoms. The van der Waals surface area contributed by atoms with Crippen LogP contribution >= 0.6 is 0 Å². The van der Waals surface area contributed by atoms with Gasteiger partial charge in [-0.05, 0) is 36.5 Å². The fourth-order valence-electron chi connectivity index (χ4n) is 3.12. The van der Waals surface area contributed by atoms with Crippen LogP contribution in [-0.2, 0) is 0 Å². The number of hydrogen-bond donors (Lipinski definition) is 2. The van der Waals surface area contributed by atoms with E-state index in [0.29, 0.717) is 23.1 Å². The van der Waals surface area contributed by atoms with E-state index in [1.807, 2.05) is 24.3 Å². The Bertz CT molecular complexity index is 804. The van der Waals surface area contributed by atoms with Crippen LogP contribution in [0.4, 0.5) is 0 Å². The number of amides is 1. The lowest BCUT2D eigenvalue weighted by atomic mass is 9.77. The first-order valence-electron chi connectivity index (χ1n) is 8.26. The second-order valence-electron chi connectivity index (χ2n) is 6.20. The Morgan fingerprint density at radius 2 is 2.04 bits per heavy atom. The van der Waals surface area contributed by atoms with Gasteiger partial charge in [0.1, 0.15) is 5.69 Å². The molecule has 3 aromatic rings. The average molecular weight is 321 g/mol. The summed E-state index contributed by atoms with van der Waals surface area (Å²) in [6.45, 7) is 0. The molecule has 2 aromatic heterocycles. The number of aromatic amines is 1. The molecule has 1 atom stereocenters. The first-order chi connectivity index (χ1) is 11.8. The molecule has 2 heterocycles. The molecule has 5 heteroatoms. The molecule has 1 unspecified atom stereocenters. The molecule has 1 amide bonds. The van der Waals surface area contributed by atoms with Gasteiger partial charge in [0, 0.05) is 6.07 Å². The number of rotatable bonds is 5. The van der Waals surface area contributed by atoms with E-state index < -0.39 is 0 Å². The number of carbonyl (C=O) groups is 1. The number of nitrogens with zero attached hydrogens (tertiary/aromatic N) is 1. The number of H-pyrrole nitrogens is 1. The van der Waals surface area contributed by atoms with Crippen molar-refractivity contribution in [3.63, 3.8) is 0 Å². The summed E-state index contributed by atoms with van der Waals surface area (Å²) in [5, 5.41) is 10.1. The molecule has 0 radical (unpaired) electrons. The predicted molar refractivity (Wildman–Crippen MR) is 90.3 cm³/mol. The third-order valence-corrected chi connectivity index (χ3v) is 4.66. The van der Waals surface area contributed by atoms with Gasteiger partial charge in [-0.3, -0.25) is 9.89 Å². The minimum atomic E-state index is -0.162. The first-order valence-corrected chi connectivity index (χ1v) is 8.26. The van der Waals surface area contributed by atoms with Crippen molar-refractivity contribution >= 4 is 5.91 Å². The van der Waals surface area contributed by atoms with Crippen molar-refractivity contribution in [2.75, 3.05) is 0 Å². The molecule has 0 aliphatic heterocycles. The minimum absolute atomic E-state index is 0.0382. The SMILES string of the molecule is O=C(NC(c1ccccc1)C1CCC1)c1cc(-c2ccco2)[nH]n1. The summed E-state index contributed by atoms with van der Waals surface area (Å²) in [5.74, 6) is 1.00. The largest absolute Gasteiger partial charge is 0.463 e. The molecule has 5 nitrogen and oxygen atoms in total. The van der Waals surface area contributed by atoms with Crippen molar-refractivity contribution in [3.8, 4) is 11.5 Å². The summed E-state index contributed by atoms with van der Waals surface area (Å²) in [6, 6.07) is 15.5. The number of carbonyl (C=O) groups excluding carboxylic acids is 1. The van der Waals surface area contributed by atoms with Crippen molar-refractivity contribution < 1.29 is 9.21 Å². The molecular weight excluding hydrogens is 302 g/mol. The summed E-state index contributed by atoms with van der Waals surface area (Å²) in [6.07, 6.45) is 5.13. The molecule has 1 saturated carbocycles. The predicted octanol–water partition coefficient (Wildman–Crippen LogP) is 3.94. The Balaban J connectivity index is 1.53. The van der Waals surface area contributed by atoms with E-state index in [1.54, 1.807) is 18.4 Å². The second-order valence-corrected chi connectivity index (χ2v) is 6.20. The van der Waals surface area contributed by atoms with Gasteiger partial charge in [0.15, 0.2) is 11.5 Å². The third kappa shape index (κ3) is 2.85. The quantitative estimate of drug-likeness (QED) is 0.747. The summed E-state index contributed by atoms with van der Waals surface area (Å²) in [7, 11) is 0. The highest BCUT2D eigenvalue weighted by molar-refractivity contribution is 5.93. The zero-order valence-electron chi connectivity index (χ0n) is 13.2. The van der Waals surface area contributed by atoms with E-state index in [9.17, 15) is 4.79 Å². The van der Waals surface area contributed by atoms with Crippen LogP contribution in [0, 0.1) is 5.92 Å². The second kappa shape index (κ2) is 6.35. The van der Waals surface area contributed by atoms with E-state index in [0.717, 1.165) is 18.4 Å². The normalized spacial score (nSPS) is 15.7. The van der Waals surface area contributed by atoms with Crippen LogP contribution in [0.5, 0.6) is 0 Å².